The molecule has 0 spiro atoms. The molecule has 0 unspecified atom stereocenters. The maximum Gasteiger partial charge on any atom is 0.216 e. The van der Waals surface area contributed by atoms with Crippen LogP contribution in [0.3, 0.4) is 0 Å². The smallest absolute Gasteiger partial charge is 0.216 e. The highest BCUT2D eigenvalue weighted by Crippen LogP contribution is 2.22. The molecule has 2 aromatic rings. The predicted molar refractivity (Wildman–Crippen MR) is 125 cm³/mol. The van der Waals surface area contributed by atoms with E-state index in [0.717, 1.165) is 37.0 Å². The van der Waals surface area contributed by atoms with Gasteiger partial charge in [-0.3, -0.25) is 0 Å². The van der Waals surface area contributed by atoms with Gasteiger partial charge in [-0.1, -0.05) is 39.0 Å². The van der Waals surface area contributed by atoms with E-state index in [0.29, 0.717) is 19.0 Å². The van der Waals surface area contributed by atoms with Crippen LogP contribution in [0.15, 0.2) is 39.9 Å². The van der Waals surface area contributed by atoms with Gasteiger partial charge in [-0.2, -0.15) is 0 Å². The number of ether oxygens (including phenoxy) is 1. The third-order valence-corrected chi connectivity index (χ3v) is 3.97. The van der Waals surface area contributed by atoms with E-state index < -0.39 is 0 Å². The molecule has 0 aliphatic rings. The van der Waals surface area contributed by atoms with E-state index >= 15 is 0 Å². The molecule has 7 heteroatoms. The van der Waals surface area contributed by atoms with Gasteiger partial charge < -0.3 is 19.8 Å². The van der Waals surface area contributed by atoms with Crippen LogP contribution in [-0.2, 0) is 18.4 Å². The number of nitrogens with zero attached hydrogens (tertiary/aromatic N) is 2. The van der Waals surface area contributed by atoms with E-state index in [9.17, 15) is 0 Å². The Hall–Kier alpha value is -1.77. The lowest BCUT2D eigenvalue weighted by Crippen LogP contribution is -2.38. The SMILES string of the molecule is CCNC(=NCc1ncc(C(C)(C)C)o1)NCCc1ccccc1OCC.I. The maximum atomic E-state index is 5.80. The molecule has 28 heavy (non-hydrogen) atoms. The molecule has 0 saturated heterocycles. The van der Waals surface area contributed by atoms with Crippen molar-refractivity contribution in [1.29, 1.82) is 0 Å². The molecule has 0 radical (unpaired) electrons. The Morgan fingerprint density at radius 3 is 2.57 bits per heavy atom. The van der Waals surface area contributed by atoms with E-state index in [-0.39, 0.29) is 29.4 Å². The lowest BCUT2D eigenvalue weighted by Gasteiger charge is -2.13. The quantitative estimate of drug-likeness (QED) is 0.322. The third kappa shape index (κ3) is 7.69. The zero-order valence-electron chi connectivity index (χ0n) is 17.5. The van der Waals surface area contributed by atoms with Crippen LogP contribution in [0.1, 0.15) is 51.8 Å². The molecule has 0 fully saturated rings. The highest BCUT2D eigenvalue weighted by atomic mass is 127. The summed E-state index contributed by atoms with van der Waals surface area (Å²) in [5.74, 6) is 3.19. The van der Waals surface area contributed by atoms with E-state index in [4.69, 9.17) is 9.15 Å². The number of aromatic nitrogens is 1. The molecule has 156 valence electrons. The first-order chi connectivity index (χ1) is 12.9. The lowest BCUT2D eigenvalue weighted by molar-refractivity contribution is 0.336. The molecule has 0 aliphatic heterocycles. The molecule has 0 amide bonds. The van der Waals surface area contributed by atoms with Gasteiger partial charge in [0.1, 0.15) is 18.1 Å². The Morgan fingerprint density at radius 1 is 1.18 bits per heavy atom. The van der Waals surface area contributed by atoms with Crippen molar-refractivity contribution in [1.82, 2.24) is 15.6 Å². The number of nitrogens with one attached hydrogen (secondary N) is 2. The van der Waals surface area contributed by atoms with Crippen molar-refractivity contribution in [2.75, 3.05) is 19.7 Å². The van der Waals surface area contributed by atoms with Gasteiger partial charge in [0, 0.05) is 18.5 Å². The number of guanidine groups is 1. The molecule has 0 aliphatic carbocycles. The van der Waals surface area contributed by atoms with Crippen LogP contribution in [0.4, 0.5) is 0 Å². The first-order valence-corrected chi connectivity index (χ1v) is 9.62. The Morgan fingerprint density at radius 2 is 1.93 bits per heavy atom. The summed E-state index contributed by atoms with van der Waals surface area (Å²) < 4.78 is 11.5. The topological polar surface area (TPSA) is 71.7 Å². The average molecular weight is 500 g/mol. The standard InChI is InChI=1S/C21H32N4O2.HI/c1-6-22-20(25-15-19-24-14-18(27-19)21(3,4)5)23-13-12-16-10-8-9-11-17(16)26-7-2;/h8-11,14H,6-7,12-13,15H2,1-5H3,(H2,22,23,25);1H. The zero-order chi connectivity index (χ0) is 19.7. The van der Waals surface area contributed by atoms with Crippen LogP contribution < -0.4 is 15.4 Å². The highest BCUT2D eigenvalue weighted by molar-refractivity contribution is 14.0. The molecule has 2 N–H and O–H groups in total. The fourth-order valence-electron chi connectivity index (χ4n) is 2.54. The van der Waals surface area contributed by atoms with E-state index in [1.54, 1.807) is 6.20 Å². The van der Waals surface area contributed by atoms with Crippen LogP contribution in [0.2, 0.25) is 0 Å². The first-order valence-electron chi connectivity index (χ1n) is 9.62. The maximum absolute atomic E-state index is 5.80. The fraction of sp³-hybridized carbons (Fsp3) is 0.524. The van der Waals surface area contributed by atoms with Gasteiger partial charge in [0.25, 0.3) is 0 Å². The molecule has 0 atom stereocenters. The molecule has 2 rings (SSSR count). The van der Waals surface area contributed by atoms with Crippen molar-refractivity contribution in [3.63, 3.8) is 0 Å². The number of aliphatic imine (C=N–C) groups is 1. The van der Waals surface area contributed by atoms with E-state index in [1.807, 2.05) is 32.0 Å². The predicted octanol–water partition coefficient (Wildman–Crippen LogP) is 4.29. The molecule has 0 saturated carbocycles. The minimum absolute atomic E-state index is 0. The largest absolute Gasteiger partial charge is 0.494 e. The normalized spacial score (nSPS) is 11.7. The van der Waals surface area contributed by atoms with Crippen LogP contribution >= 0.6 is 24.0 Å². The molecular weight excluding hydrogens is 467 g/mol. The van der Waals surface area contributed by atoms with Gasteiger partial charge in [-0.15, -0.1) is 24.0 Å². The highest BCUT2D eigenvalue weighted by Gasteiger charge is 2.19. The summed E-state index contributed by atoms with van der Waals surface area (Å²) in [6, 6.07) is 8.13. The van der Waals surface area contributed by atoms with Crippen LogP contribution in [0.5, 0.6) is 5.75 Å². The summed E-state index contributed by atoms with van der Waals surface area (Å²) in [5.41, 5.74) is 1.14. The molecule has 1 heterocycles. The number of para-hydroxylation sites is 1. The van der Waals surface area contributed by atoms with E-state index in [2.05, 4.69) is 47.4 Å². The zero-order valence-corrected chi connectivity index (χ0v) is 19.9. The van der Waals surface area contributed by atoms with Gasteiger partial charge in [-0.25, -0.2) is 9.98 Å². The van der Waals surface area contributed by atoms with Crippen LogP contribution in [0.25, 0.3) is 0 Å². The fourth-order valence-corrected chi connectivity index (χ4v) is 2.54. The van der Waals surface area contributed by atoms with Crippen molar-refractivity contribution in [2.45, 2.75) is 53.0 Å². The molecule has 0 bridgehead atoms. The Bertz CT molecular complexity index is 738. The summed E-state index contributed by atoms with van der Waals surface area (Å²) >= 11 is 0. The monoisotopic (exact) mass is 500 g/mol. The Balaban J connectivity index is 0.00000392. The number of benzene rings is 1. The summed E-state index contributed by atoms with van der Waals surface area (Å²) in [7, 11) is 0. The van der Waals surface area contributed by atoms with Crippen molar-refractivity contribution < 1.29 is 9.15 Å². The van der Waals surface area contributed by atoms with Crippen molar-refractivity contribution >= 4 is 29.9 Å². The average Bonchev–Trinajstić information content (AvgIpc) is 3.11. The third-order valence-electron chi connectivity index (χ3n) is 3.97. The number of hydrogen-bond acceptors (Lipinski definition) is 4. The summed E-state index contributed by atoms with van der Waals surface area (Å²) in [6.45, 7) is 13.0. The van der Waals surface area contributed by atoms with Crippen LogP contribution in [0, 0.1) is 0 Å². The second-order valence-corrected chi connectivity index (χ2v) is 7.28. The number of halogens is 1. The van der Waals surface area contributed by atoms with E-state index in [1.165, 1.54) is 5.56 Å². The second-order valence-electron chi connectivity index (χ2n) is 7.28. The Kier molecular flexibility index (Phi) is 10.3. The van der Waals surface area contributed by atoms with Gasteiger partial charge >= 0.3 is 0 Å². The number of oxazole rings is 1. The first kappa shape index (κ1) is 24.3. The lowest BCUT2D eigenvalue weighted by atomic mass is 9.94. The minimum atomic E-state index is -0.0499. The van der Waals surface area contributed by atoms with Gasteiger partial charge in [0.2, 0.25) is 5.89 Å². The van der Waals surface area contributed by atoms with Crippen LogP contribution in [-0.4, -0.2) is 30.6 Å². The summed E-state index contributed by atoms with van der Waals surface area (Å²) in [5, 5.41) is 6.61. The molecule has 1 aromatic carbocycles. The van der Waals surface area contributed by atoms with Gasteiger partial charge in [0.15, 0.2) is 5.96 Å². The van der Waals surface area contributed by atoms with Crippen molar-refractivity contribution in [3.8, 4) is 5.75 Å². The minimum Gasteiger partial charge on any atom is -0.494 e. The number of rotatable bonds is 8. The summed E-state index contributed by atoms with van der Waals surface area (Å²) in [6.07, 6.45) is 2.64. The number of hydrogen-bond donors (Lipinski definition) is 2. The summed E-state index contributed by atoms with van der Waals surface area (Å²) in [4.78, 5) is 8.90. The molecule has 1 aromatic heterocycles. The molecular formula is C21H33IN4O2. The molecule has 6 nitrogen and oxygen atoms in total. The van der Waals surface area contributed by atoms with Gasteiger partial charge in [0.05, 0.1) is 12.8 Å². The van der Waals surface area contributed by atoms with Gasteiger partial charge in [-0.05, 0) is 31.9 Å². The van der Waals surface area contributed by atoms with Crippen molar-refractivity contribution in [2.24, 2.45) is 4.99 Å². The van der Waals surface area contributed by atoms with Crippen molar-refractivity contribution in [3.05, 3.63) is 47.7 Å². The Labute approximate surface area is 185 Å². The second kappa shape index (κ2) is 11.9.